The summed E-state index contributed by atoms with van der Waals surface area (Å²) in [5.74, 6) is -0.386. The Labute approximate surface area is 147 Å². The molecule has 0 radical (unpaired) electrons. The highest BCUT2D eigenvalue weighted by Gasteiger charge is 2.26. The second-order valence-corrected chi connectivity index (χ2v) is 6.40. The lowest BCUT2D eigenvalue weighted by Crippen LogP contribution is -2.30. The van der Waals surface area contributed by atoms with Crippen molar-refractivity contribution in [2.45, 2.75) is 32.3 Å². The minimum atomic E-state index is -0.655. The lowest BCUT2D eigenvalue weighted by Gasteiger charge is -2.24. The number of anilines is 2. The number of nitrogens with one attached hydrogen (secondary N) is 2. The number of para-hydroxylation sites is 2. The molecule has 2 amide bonds. The molecule has 2 atom stereocenters. The smallest absolute Gasteiger partial charge is 0.227 e. The summed E-state index contributed by atoms with van der Waals surface area (Å²) in [6, 6.07) is 14.9. The van der Waals surface area contributed by atoms with E-state index < -0.39 is 6.10 Å². The molecule has 2 aromatic rings. The third-order valence-corrected chi connectivity index (χ3v) is 4.52. The topological polar surface area (TPSA) is 78.4 Å². The zero-order valence-corrected chi connectivity index (χ0v) is 14.2. The van der Waals surface area contributed by atoms with Gasteiger partial charge in [0.1, 0.15) is 0 Å². The van der Waals surface area contributed by atoms with Crippen LogP contribution < -0.4 is 10.6 Å². The monoisotopic (exact) mass is 338 g/mol. The van der Waals surface area contributed by atoms with Crippen molar-refractivity contribution < 1.29 is 14.7 Å². The zero-order valence-electron chi connectivity index (χ0n) is 14.2. The number of fused-ring (bicyclic) bond motifs is 1. The first-order valence-electron chi connectivity index (χ1n) is 8.50. The van der Waals surface area contributed by atoms with E-state index in [4.69, 9.17) is 0 Å². The second kappa shape index (κ2) is 7.49. The Morgan fingerprint density at radius 2 is 1.96 bits per heavy atom. The van der Waals surface area contributed by atoms with Gasteiger partial charge in [0.2, 0.25) is 11.8 Å². The quantitative estimate of drug-likeness (QED) is 0.783. The molecule has 1 aliphatic heterocycles. The highest BCUT2D eigenvalue weighted by atomic mass is 16.3. The van der Waals surface area contributed by atoms with Gasteiger partial charge in [0.25, 0.3) is 0 Å². The summed E-state index contributed by atoms with van der Waals surface area (Å²) in [5, 5.41) is 15.5. The van der Waals surface area contributed by atoms with Crippen molar-refractivity contribution in [3.05, 3.63) is 59.7 Å². The average Bonchev–Trinajstić information content (AvgIpc) is 2.60. The molecule has 2 unspecified atom stereocenters. The van der Waals surface area contributed by atoms with E-state index >= 15 is 0 Å². The maximum absolute atomic E-state index is 12.3. The molecule has 1 heterocycles. The third kappa shape index (κ3) is 4.06. The summed E-state index contributed by atoms with van der Waals surface area (Å²) in [4.78, 5) is 24.5. The molecule has 5 heteroatoms. The van der Waals surface area contributed by atoms with Gasteiger partial charge < -0.3 is 15.7 Å². The van der Waals surface area contributed by atoms with Gasteiger partial charge in [-0.25, -0.2) is 0 Å². The van der Waals surface area contributed by atoms with E-state index in [1.54, 1.807) is 19.1 Å². The van der Waals surface area contributed by atoms with Crippen LogP contribution in [0.1, 0.15) is 37.0 Å². The average molecular weight is 338 g/mol. The van der Waals surface area contributed by atoms with E-state index in [9.17, 15) is 14.7 Å². The Hall–Kier alpha value is -2.66. The highest BCUT2D eigenvalue weighted by molar-refractivity contribution is 5.96. The highest BCUT2D eigenvalue weighted by Crippen LogP contribution is 2.28. The second-order valence-electron chi connectivity index (χ2n) is 6.40. The molecular weight excluding hydrogens is 316 g/mol. The van der Waals surface area contributed by atoms with Crippen LogP contribution in [0.3, 0.4) is 0 Å². The SMILES string of the molecule is CC(O)c1ccccc1NC(=O)CCC1Cc2ccccc2NC1=O. The number of aliphatic hydroxyl groups excluding tert-OH is 1. The van der Waals surface area contributed by atoms with Crippen molar-refractivity contribution in [3.63, 3.8) is 0 Å². The number of hydrogen-bond acceptors (Lipinski definition) is 3. The summed E-state index contributed by atoms with van der Waals surface area (Å²) in [5.41, 5.74) is 3.26. The Kier molecular flexibility index (Phi) is 5.14. The van der Waals surface area contributed by atoms with Crippen LogP contribution in [-0.4, -0.2) is 16.9 Å². The van der Waals surface area contributed by atoms with Crippen LogP contribution in [0.5, 0.6) is 0 Å². The molecule has 130 valence electrons. The molecule has 0 aliphatic carbocycles. The summed E-state index contributed by atoms with van der Waals surface area (Å²) in [7, 11) is 0. The lowest BCUT2D eigenvalue weighted by atomic mass is 9.89. The molecule has 3 rings (SSSR count). The molecule has 0 spiro atoms. The number of rotatable bonds is 5. The van der Waals surface area contributed by atoms with Crippen molar-refractivity contribution in [2.75, 3.05) is 10.6 Å². The van der Waals surface area contributed by atoms with Crippen LogP contribution in [0, 0.1) is 5.92 Å². The number of hydrogen-bond donors (Lipinski definition) is 3. The van der Waals surface area contributed by atoms with Crippen LogP contribution >= 0.6 is 0 Å². The predicted octanol–water partition coefficient (Wildman–Crippen LogP) is 3.27. The van der Waals surface area contributed by atoms with E-state index in [0.29, 0.717) is 24.1 Å². The summed E-state index contributed by atoms with van der Waals surface area (Å²) < 4.78 is 0. The molecule has 0 fully saturated rings. The Balaban J connectivity index is 1.59. The Bertz CT molecular complexity index is 786. The molecule has 5 nitrogen and oxygen atoms in total. The molecule has 1 aliphatic rings. The minimum absolute atomic E-state index is 0.0316. The maximum atomic E-state index is 12.3. The van der Waals surface area contributed by atoms with Crippen molar-refractivity contribution in [2.24, 2.45) is 5.92 Å². The van der Waals surface area contributed by atoms with Crippen molar-refractivity contribution in [1.82, 2.24) is 0 Å². The number of aliphatic hydroxyl groups is 1. The summed E-state index contributed by atoms with van der Waals surface area (Å²) >= 11 is 0. The van der Waals surface area contributed by atoms with E-state index in [0.717, 1.165) is 11.3 Å². The molecule has 0 aromatic heterocycles. The van der Waals surface area contributed by atoms with Crippen LogP contribution in [0.2, 0.25) is 0 Å². The summed E-state index contributed by atoms with van der Waals surface area (Å²) in [6.45, 7) is 1.66. The van der Waals surface area contributed by atoms with E-state index in [-0.39, 0.29) is 24.2 Å². The number of carbonyl (C=O) groups is 2. The number of amides is 2. The third-order valence-electron chi connectivity index (χ3n) is 4.52. The van der Waals surface area contributed by atoms with Crippen LogP contribution in [0.15, 0.2) is 48.5 Å². The van der Waals surface area contributed by atoms with Crippen LogP contribution in [-0.2, 0) is 16.0 Å². The van der Waals surface area contributed by atoms with Gasteiger partial charge in [0.05, 0.1) is 6.10 Å². The van der Waals surface area contributed by atoms with Gasteiger partial charge >= 0.3 is 0 Å². The zero-order chi connectivity index (χ0) is 17.8. The van der Waals surface area contributed by atoms with Gasteiger partial charge in [-0.2, -0.15) is 0 Å². The van der Waals surface area contributed by atoms with Gasteiger partial charge in [-0.15, -0.1) is 0 Å². The van der Waals surface area contributed by atoms with E-state index in [1.165, 1.54) is 0 Å². The molecular formula is C20H22N2O3. The van der Waals surface area contributed by atoms with Crippen molar-refractivity contribution >= 4 is 23.2 Å². The molecule has 2 aromatic carbocycles. The first kappa shape index (κ1) is 17.2. The molecule has 3 N–H and O–H groups in total. The van der Waals surface area contributed by atoms with Crippen molar-refractivity contribution in [1.29, 1.82) is 0 Å². The van der Waals surface area contributed by atoms with Gasteiger partial charge in [-0.05, 0) is 37.5 Å². The van der Waals surface area contributed by atoms with Gasteiger partial charge in [0.15, 0.2) is 0 Å². The van der Waals surface area contributed by atoms with Crippen LogP contribution in [0.4, 0.5) is 11.4 Å². The fourth-order valence-corrected chi connectivity index (χ4v) is 3.14. The number of carbonyl (C=O) groups excluding carboxylic acids is 2. The standard InChI is InChI=1S/C20H22N2O3/c1-13(23)16-7-3-5-9-18(16)21-19(24)11-10-15-12-14-6-2-4-8-17(14)22-20(15)25/h2-9,13,15,23H,10-12H2,1H3,(H,21,24)(H,22,25). The van der Waals surface area contributed by atoms with Gasteiger partial charge in [-0.3, -0.25) is 9.59 Å². The largest absolute Gasteiger partial charge is 0.389 e. The predicted molar refractivity (Wildman–Crippen MR) is 97.2 cm³/mol. The number of benzene rings is 2. The van der Waals surface area contributed by atoms with Crippen LogP contribution in [0.25, 0.3) is 0 Å². The van der Waals surface area contributed by atoms with Crippen molar-refractivity contribution in [3.8, 4) is 0 Å². The first-order chi connectivity index (χ1) is 12.0. The lowest BCUT2D eigenvalue weighted by molar-refractivity contribution is -0.121. The Morgan fingerprint density at radius 3 is 2.76 bits per heavy atom. The minimum Gasteiger partial charge on any atom is -0.389 e. The Morgan fingerprint density at radius 1 is 1.24 bits per heavy atom. The molecule has 0 saturated heterocycles. The summed E-state index contributed by atoms with van der Waals surface area (Å²) in [6.07, 6.45) is 0.744. The van der Waals surface area contributed by atoms with E-state index in [1.807, 2.05) is 36.4 Å². The molecule has 0 saturated carbocycles. The van der Waals surface area contributed by atoms with Gasteiger partial charge in [-0.1, -0.05) is 36.4 Å². The fraction of sp³-hybridized carbons (Fsp3) is 0.300. The normalized spacial score (nSPS) is 17.4. The molecule has 0 bridgehead atoms. The van der Waals surface area contributed by atoms with Gasteiger partial charge in [0, 0.05) is 29.3 Å². The maximum Gasteiger partial charge on any atom is 0.227 e. The molecule has 25 heavy (non-hydrogen) atoms. The fourth-order valence-electron chi connectivity index (χ4n) is 3.14. The first-order valence-corrected chi connectivity index (χ1v) is 8.50. The van der Waals surface area contributed by atoms with E-state index in [2.05, 4.69) is 10.6 Å².